The summed E-state index contributed by atoms with van der Waals surface area (Å²) in [6.45, 7) is 7.56. The van der Waals surface area contributed by atoms with Crippen molar-refractivity contribution in [2.75, 3.05) is 10.0 Å². The number of para-hydroxylation sites is 1. The molecule has 32 heavy (non-hydrogen) atoms. The average Bonchev–Trinajstić information content (AvgIpc) is 3.01. The van der Waals surface area contributed by atoms with E-state index in [-0.39, 0.29) is 28.8 Å². The van der Waals surface area contributed by atoms with E-state index >= 15 is 0 Å². The molecule has 2 atom stereocenters. The Kier molecular flexibility index (Phi) is 5.60. The van der Waals surface area contributed by atoms with Gasteiger partial charge in [-0.2, -0.15) is 0 Å². The zero-order valence-corrected chi connectivity index (χ0v) is 19.0. The van der Waals surface area contributed by atoms with Crippen molar-refractivity contribution in [2.45, 2.75) is 44.6 Å². The van der Waals surface area contributed by atoms with E-state index in [4.69, 9.17) is 4.74 Å². The molecule has 166 valence electrons. The number of hydrogen-bond donors (Lipinski definition) is 2. The third-order valence-electron chi connectivity index (χ3n) is 5.42. The van der Waals surface area contributed by atoms with Crippen molar-refractivity contribution in [3.8, 4) is 5.75 Å². The lowest BCUT2D eigenvalue weighted by Crippen LogP contribution is -2.16. The molecule has 0 spiro atoms. The van der Waals surface area contributed by atoms with E-state index in [1.165, 1.54) is 24.3 Å². The fraction of sp³-hybridized carbons (Fsp3) is 0.261. The van der Waals surface area contributed by atoms with Gasteiger partial charge in [-0.05, 0) is 57.2 Å². The number of ether oxygens (including phenoxy) is 1. The lowest BCUT2D eigenvalue weighted by Gasteiger charge is -2.11. The first kappa shape index (κ1) is 21.8. The molecule has 0 saturated carbocycles. The van der Waals surface area contributed by atoms with Crippen LogP contribution in [0.1, 0.15) is 47.1 Å². The molecule has 0 fully saturated rings. The molecular weight excluding hydrogens is 428 g/mol. The summed E-state index contributed by atoms with van der Waals surface area (Å²) in [5, 5.41) is 2.80. The molecule has 4 rings (SSSR count). The highest BCUT2D eigenvalue weighted by molar-refractivity contribution is 7.92. The minimum Gasteiger partial charge on any atom is -0.489 e. The molecule has 1 aliphatic rings. The molecule has 2 aromatic carbocycles. The number of fused-ring (bicyclic) bond motifs is 1. The van der Waals surface area contributed by atoms with Crippen molar-refractivity contribution < 1.29 is 17.9 Å². The highest BCUT2D eigenvalue weighted by Crippen LogP contribution is 2.40. The van der Waals surface area contributed by atoms with Crippen LogP contribution in [0.2, 0.25) is 0 Å². The van der Waals surface area contributed by atoms with Gasteiger partial charge >= 0.3 is 0 Å². The highest BCUT2D eigenvalue weighted by atomic mass is 32.2. The number of aryl methyl sites for hydroxylation is 2. The normalized spacial score (nSPS) is 17.4. The van der Waals surface area contributed by atoms with Crippen molar-refractivity contribution >= 4 is 27.6 Å². The number of carbonyl (C=O) groups is 1. The van der Waals surface area contributed by atoms with Crippen LogP contribution in [0.25, 0.3) is 0 Å². The smallest absolute Gasteiger partial charge is 0.264 e. The number of hydrogen-bond acceptors (Lipinski definition) is 6. The standard InChI is InChI=1S/C23H24N4O4S/c1-13-12-14(2)25-23(24-13)27-32(29,30)18-10-8-17(9-11-18)26-22(28)20-7-5-6-19-15(3)16(4)31-21(19)20/h5-12,15-16H,1-4H3,(H,26,28)(H,24,25,27). The predicted octanol–water partition coefficient (Wildman–Crippen LogP) is 4.03. The topological polar surface area (TPSA) is 110 Å². The molecule has 1 amide bonds. The van der Waals surface area contributed by atoms with E-state index in [1.54, 1.807) is 26.0 Å². The van der Waals surface area contributed by atoms with E-state index in [0.29, 0.717) is 28.4 Å². The molecule has 3 aromatic rings. The number of amides is 1. The van der Waals surface area contributed by atoms with E-state index in [9.17, 15) is 13.2 Å². The van der Waals surface area contributed by atoms with Crippen LogP contribution >= 0.6 is 0 Å². The monoisotopic (exact) mass is 452 g/mol. The van der Waals surface area contributed by atoms with Crippen LogP contribution in [-0.4, -0.2) is 30.4 Å². The van der Waals surface area contributed by atoms with E-state index in [1.807, 2.05) is 19.1 Å². The number of rotatable bonds is 5. The van der Waals surface area contributed by atoms with Gasteiger partial charge in [0.1, 0.15) is 11.9 Å². The second-order valence-corrected chi connectivity index (χ2v) is 9.58. The van der Waals surface area contributed by atoms with Crippen LogP contribution < -0.4 is 14.8 Å². The van der Waals surface area contributed by atoms with Gasteiger partial charge in [0.05, 0.1) is 10.5 Å². The van der Waals surface area contributed by atoms with E-state index in [2.05, 4.69) is 26.9 Å². The number of anilines is 2. The molecule has 0 bridgehead atoms. The van der Waals surface area contributed by atoms with Gasteiger partial charge in [0, 0.05) is 28.6 Å². The van der Waals surface area contributed by atoms with Crippen molar-refractivity contribution in [1.29, 1.82) is 0 Å². The van der Waals surface area contributed by atoms with Crippen LogP contribution in [0.4, 0.5) is 11.6 Å². The molecule has 1 aliphatic heterocycles. The minimum atomic E-state index is -3.87. The first-order chi connectivity index (χ1) is 15.1. The highest BCUT2D eigenvalue weighted by Gasteiger charge is 2.31. The summed E-state index contributed by atoms with van der Waals surface area (Å²) >= 11 is 0. The first-order valence-electron chi connectivity index (χ1n) is 10.2. The molecule has 0 saturated heterocycles. The molecule has 0 radical (unpaired) electrons. The van der Waals surface area contributed by atoms with Gasteiger partial charge in [0.15, 0.2) is 0 Å². The number of benzene rings is 2. The molecule has 1 aromatic heterocycles. The van der Waals surface area contributed by atoms with Crippen LogP contribution in [0.5, 0.6) is 5.75 Å². The van der Waals surface area contributed by atoms with E-state index < -0.39 is 10.0 Å². The zero-order chi connectivity index (χ0) is 23.0. The number of aromatic nitrogens is 2. The molecule has 2 N–H and O–H groups in total. The summed E-state index contributed by atoms with van der Waals surface area (Å²) in [5.41, 5.74) is 3.24. The second kappa shape index (κ2) is 8.23. The Hall–Kier alpha value is -3.46. The molecule has 8 nitrogen and oxygen atoms in total. The Bertz CT molecular complexity index is 1270. The van der Waals surface area contributed by atoms with Gasteiger partial charge in [0.2, 0.25) is 5.95 Å². The Balaban J connectivity index is 1.50. The summed E-state index contributed by atoms with van der Waals surface area (Å²) in [6.07, 6.45) is -0.00268. The zero-order valence-electron chi connectivity index (χ0n) is 18.2. The maximum atomic E-state index is 12.8. The third kappa shape index (κ3) is 4.29. The van der Waals surface area contributed by atoms with Gasteiger partial charge in [-0.25, -0.2) is 23.1 Å². The molecule has 2 unspecified atom stereocenters. The van der Waals surface area contributed by atoms with Crippen LogP contribution in [0, 0.1) is 13.8 Å². The maximum Gasteiger partial charge on any atom is 0.264 e. The SMILES string of the molecule is Cc1cc(C)nc(NS(=O)(=O)c2ccc(NC(=O)c3cccc4c3OC(C)C4C)cc2)n1. The quantitative estimate of drug-likeness (QED) is 0.605. The Morgan fingerprint density at radius 3 is 2.31 bits per heavy atom. The number of carbonyl (C=O) groups excluding carboxylic acids is 1. The Morgan fingerprint density at radius 2 is 1.66 bits per heavy atom. The third-order valence-corrected chi connectivity index (χ3v) is 6.76. The summed E-state index contributed by atoms with van der Waals surface area (Å²) in [4.78, 5) is 21.1. The van der Waals surface area contributed by atoms with Gasteiger partial charge in [0.25, 0.3) is 15.9 Å². The predicted molar refractivity (Wildman–Crippen MR) is 122 cm³/mol. The van der Waals surface area contributed by atoms with Gasteiger partial charge in [-0.15, -0.1) is 0 Å². The number of sulfonamides is 1. The summed E-state index contributed by atoms with van der Waals surface area (Å²) < 4.78 is 33.6. The average molecular weight is 453 g/mol. The fourth-order valence-corrected chi connectivity index (χ4v) is 4.58. The number of nitrogens with zero attached hydrogens (tertiary/aromatic N) is 2. The molecule has 2 heterocycles. The van der Waals surface area contributed by atoms with Gasteiger partial charge < -0.3 is 10.1 Å². The van der Waals surface area contributed by atoms with Crippen LogP contribution in [-0.2, 0) is 10.0 Å². The summed E-state index contributed by atoms with van der Waals surface area (Å²) in [7, 11) is -3.87. The Labute approximate surface area is 187 Å². The lowest BCUT2D eigenvalue weighted by atomic mass is 9.97. The second-order valence-electron chi connectivity index (χ2n) is 7.89. The first-order valence-corrected chi connectivity index (χ1v) is 11.7. The summed E-state index contributed by atoms with van der Waals surface area (Å²) in [5.74, 6) is 0.500. The van der Waals surface area contributed by atoms with E-state index in [0.717, 1.165) is 5.56 Å². The fourth-order valence-electron chi connectivity index (χ4n) is 3.63. The van der Waals surface area contributed by atoms with Crippen molar-refractivity contribution in [3.63, 3.8) is 0 Å². The maximum absolute atomic E-state index is 12.8. The van der Waals surface area contributed by atoms with Crippen LogP contribution in [0.15, 0.2) is 53.4 Å². The molecule has 9 heteroatoms. The van der Waals surface area contributed by atoms with Crippen molar-refractivity contribution in [3.05, 3.63) is 71.0 Å². The Morgan fingerprint density at radius 1 is 1.00 bits per heavy atom. The van der Waals surface area contributed by atoms with Crippen molar-refractivity contribution in [1.82, 2.24) is 9.97 Å². The van der Waals surface area contributed by atoms with Crippen LogP contribution in [0.3, 0.4) is 0 Å². The number of nitrogens with one attached hydrogen (secondary N) is 2. The van der Waals surface area contributed by atoms with Crippen molar-refractivity contribution in [2.24, 2.45) is 0 Å². The molecular formula is C23H24N4O4S. The minimum absolute atomic E-state index is 0.00268. The lowest BCUT2D eigenvalue weighted by molar-refractivity contribution is 0.102. The van der Waals surface area contributed by atoms with Gasteiger partial charge in [-0.1, -0.05) is 19.1 Å². The molecule has 0 aliphatic carbocycles. The van der Waals surface area contributed by atoms with Gasteiger partial charge in [-0.3, -0.25) is 4.79 Å². The summed E-state index contributed by atoms with van der Waals surface area (Å²) in [6, 6.07) is 13.2. The largest absolute Gasteiger partial charge is 0.489 e.